The highest BCUT2D eigenvalue weighted by atomic mass is 32.1. The van der Waals surface area contributed by atoms with Gasteiger partial charge in [0.15, 0.2) is 3.95 Å². The van der Waals surface area contributed by atoms with Crippen LogP contribution in [0.25, 0.3) is 10.2 Å². The van der Waals surface area contributed by atoms with Crippen molar-refractivity contribution in [3.8, 4) is 0 Å². The van der Waals surface area contributed by atoms with Gasteiger partial charge in [-0.05, 0) is 50.7 Å². The molecular formula is C16H20N2O2S2. The van der Waals surface area contributed by atoms with E-state index in [1.54, 1.807) is 11.3 Å². The number of benzene rings is 1. The van der Waals surface area contributed by atoms with E-state index in [1.165, 1.54) is 10.2 Å². The molecule has 6 heteroatoms. The minimum Gasteiger partial charge on any atom is -0.466 e. The zero-order chi connectivity index (χ0) is 15.5. The molecule has 2 heterocycles. The van der Waals surface area contributed by atoms with Gasteiger partial charge < -0.3 is 9.30 Å². The number of likely N-dealkylation sites (tertiary alicyclic amines) is 1. The second-order valence-corrected chi connectivity index (χ2v) is 7.25. The van der Waals surface area contributed by atoms with Crippen LogP contribution in [0.5, 0.6) is 0 Å². The Morgan fingerprint density at radius 3 is 3.09 bits per heavy atom. The number of para-hydroxylation sites is 1. The number of piperidine rings is 1. The van der Waals surface area contributed by atoms with E-state index in [-0.39, 0.29) is 11.9 Å². The molecule has 0 amide bonds. The number of hydrogen-bond acceptors (Lipinski definition) is 5. The lowest BCUT2D eigenvalue weighted by atomic mass is 9.98. The minimum absolute atomic E-state index is 0.00669. The van der Waals surface area contributed by atoms with Crippen LogP contribution in [0.4, 0.5) is 0 Å². The van der Waals surface area contributed by atoms with Crippen LogP contribution < -0.4 is 0 Å². The van der Waals surface area contributed by atoms with Crippen molar-refractivity contribution in [2.24, 2.45) is 5.92 Å². The Balaban J connectivity index is 1.76. The third-order valence-electron chi connectivity index (χ3n) is 4.04. The third-order valence-corrected chi connectivity index (χ3v) is 5.47. The Morgan fingerprint density at radius 1 is 1.45 bits per heavy atom. The van der Waals surface area contributed by atoms with Gasteiger partial charge in [-0.25, -0.2) is 0 Å². The summed E-state index contributed by atoms with van der Waals surface area (Å²) in [6.45, 7) is 4.82. The summed E-state index contributed by atoms with van der Waals surface area (Å²) in [5, 5.41) is 0. The molecule has 1 aliphatic heterocycles. The standard InChI is InChI=1S/C16H20N2O2S2/c1-2-20-15(19)12-6-5-9-17(10-12)11-18-13-7-3-4-8-14(13)22-16(18)21/h3-4,7-8,12H,2,5-6,9-11H2,1H3/t12-/m0/s1. The number of fused-ring (bicyclic) bond motifs is 1. The van der Waals surface area contributed by atoms with Crippen LogP contribution in [-0.2, 0) is 16.2 Å². The van der Waals surface area contributed by atoms with Gasteiger partial charge in [0.2, 0.25) is 0 Å². The van der Waals surface area contributed by atoms with Crippen molar-refractivity contribution in [1.29, 1.82) is 0 Å². The van der Waals surface area contributed by atoms with Gasteiger partial charge >= 0.3 is 5.97 Å². The molecule has 118 valence electrons. The normalized spacial score (nSPS) is 19.4. The first-order valence-corrected chi connectivity index (χ1v) is 8.89. The molecule has 0 N–H and O–H groups in total. The summed E-state index contributed by atoms with van der Waals surface area (Å²) in [7, 11) is 0. The van der Waals surface area contributed by atoms with E-state index in [4.69, 9.17) is 17.0 Å². The highest BCUT2D eigenvalue weighted by Crippen LogP contribution is 2.25. The van der Waals surface area contributed by atoms with E-state index < -0.39 is 0 Å². The average molecular weight is 336 g/mol. The Morgan fingerprint density at radius 2 is 2.27 bits per heavy atom. The number of esters is 1. The average Bonchev–Trinajstić information content (AvgIpc) is 2.84. The van der Waals surface area contributed by atoms with Crippen molar-refractivity contribution in [3.63, 3.8) is 0 Å². The molecule has 1 aromatic carbocycles. The van der Waals surface area contributed by atoms with Crippen molar-refractivity contribution >= 4 is 39.7 Å². The monoisotopic (exact) mass is 336 g/mol. The van der Waals surface area contributed by atoms with Crippen LogP contribution in [0.15, 0.2) is 24.3 Å². The molecule has 1 aromatic heterocycles. The summed E-state index contributed by atoms with van der Waals surface area (Å²) in [5.74, 6) is -0.0706. The Bertz CT molecular complexity index is 722. The molecule has 0 spiro atoms. The van der Waals surface area contributed by atoms with Gasteiger partial charge in [-0.15, -0.1) is 11.3 Å². The van der Waals surface area contributed by atoms with Gasteiger partial charge in [0.25, 0.3) is 0 Å². The number of thiazole rings is 1. The van der Waals surface area contributed by atoms with Crippen molar-refractivity contribution in [2.45, 2.75) is 26.4 Å². The fourth-order valence-corrected chi connectivity index (χ4v) is 4.29. The zero-order valence-electron chi connectivity index (χ0n) is 12.7. The van der Waals surface area contributed by atoms with Gasteiger partial charge in [0.05, 0.1) is 29.4 Å². The maximum Gasteiger partial charge on any atom is 0.310 e. The molecule has 0 radical (unpaired) electrons. The molecule has 4 nitrogen and oxygen atoms in total. The van der Waals surface area contributed by atoms with Crippen molar-refractivity contribution in [3.05, 3.63) is 28.2 Å². The maximum absolute atomic E-state index is 12.0. The van der Waals surface area contributed by atoms with E-state index in [1.807, 2.05) is 19.1 Å². The van der Waals surface area contributed by atoms with Gasteiger partial charge in [-0.1, -0.05) is 12.1 Å². The Kier molecular flexibility index (Phi) is 4.90. The second kappa shape index (κ2) is 6.89. The first-order chi connectivity index (χ1) is 10.7. The minimum atomic E-state index is -0.0639. The predicted octanol–water partition coefficient (Wildman–Crippen LogP) is 3.66. The number of rotatable bonds is 4. The van der Waals surface area contributed by atoms with E-state index in [0.717, 1.165) is 36.6 Å². The molecule has 1 fully saturated rings. The molecule has 0 bridgehead atoms. The van der Waals surface area contributed by atoms with Gasteiger partial charge in [-0.3, -0.25) is 9.69 Å². The molecule has 0 aliphatic carbocycles. The number of aromatic nitrogens is 1. The summed E-state index contributed by atoms with van der Waals surface area (Å²) in [4.78, 5) is 14.3. The predicted molar refractivity (Wildman–Crippen MR) is 91.6 cm³/mol. The fourth-order valence-electron chi connectivity index (χ4n) is 2.98. The first kappa shape index (κ1) is 15.6. The smallest absolute Gasteiger partial charge is 0.310 e. The number of hydrogen-bond donors (Lipinski definition) is 0. The number of nitrogens with zero attached hydrogens (tertiary/aromatic N) is 2. The van der Waals surface area contributed by atoms with Crippen molar-refractivity contribution in [1.82, 2.24) is 9.47 Å². The quantitative estimate of drug-likeness (QED) is 0.630. The summed E-state index contributed by atoms with van der Waals surface area (Å²) < 4.78 is 9.44. The summed E-state index contributed by atoms with van der Waals surface area (Å²) in [6, 6.07) is 8.28. The second-order valence-electron chi connectivity index (χ2n) is 5.57. The van der Waals surface area contributed by atoms with Crippen LogP contribution in [0.2, 0.25) is 0 Å². The summed E-state index contributed by atoms with van der Waals surface area (Å²) >= 11 is 7.15. The Labute approximate surface area is 139 Å². The van der Waals surface area contributed by atoms with Crippen LogP contribution in [0, 0.1) is 9.87 Å². The lowest BCUT2D eigenvalue weighted by molar-refractivity contribution is -0.150. The molecule has 3 rings (SSSR count). The van der Waals surface area contributed by atoms with E-state index >= 15 is 0 Å². The molecular weight excluding hydrogens is 316 g/mol. The summed E-state index contributed by atoms with van der Waals surface area (Å²) in [6.07, 6.45) is 1.95. The van der Waals surface area contributed by atoms with E-state index in [0.29, 0.717) is 6.61 Å². The SMILES string of the molecule is CCOC(=O)[C@H]1CCCN(Cn2c(=S)sc3ccccc32)C1. The van der Waals surface area contributed by atoms with Crippen LogP contribution in [0.1, 0.15) is 19.8 Å². The van der Waals surface area contributed by atoms with Gasteiger partial charge in [-0.2, -0.15) is 0 Å². The largest absolute Gasteiger partial charge is 0.466 e. The third kappa shape index (κ3) is 3.24. The lowest BCUT2D eigenvalue weighted by Gasteiger charge is -2.31. The van der Waals surface area contributed by atoms with Crippen LogP contribution in [-0.4, -0.2) is 35.1 Å². The van der Waals surface area contributed by atoms with E-state index in [2.05, 4.69) is 21.6 Å². The fraction of sp³-hybridized carbons (Fsp3) is 0.500. The van der Waals surface area contributed by atoms with Crippen LogP contribution in [0.3, 0.4) is 0 Å². The summed E-state index contributed by atoms with van der Waals surface area (Å²) in [5.41, 5.74) is 1.18. The maximum atomic E-state index is 12.0. The number of carbonyl (C=O) groups is 1. The highest BCUT2D eigenvalue weighted by Gasteiger charge is 2.27. The van der Waals surface area contributed by atoms with Gasteiger partial charge in [0, 0.05) is 6.54 Å². The molecule has 1 aliphatic rings. The highest BCUT2D eigenvalue weighted by molar-refractivity contribution is 7.73. The van der Waals surface area contributed by atoms with Crippen molar-refractivity contribution in [2.75, 3.05) is 19.7 Å². The molecule has 2 aromatic rings. The Hall–Kier alpha value is -1.24. The zero-order valence-corrected chi connectivity index (χ0v) is 14.3. The molecule has 1 atom stereocenters. The van der Waals surface area contributed by atoms with Gasteiger partial charge in [0.1, 0.15) is 0 Å². The number of carbonyl (C=O) groups excluding carboxylic acids is 1. The van der Waals surface area contributed by atoms with Crippen LogP contribution >= 0.6 is 23.6 Å². The van der Waals surface area contributed by atoms with Crippen molar-refractivity contribution < 1.29 is 9.53 Å². The molecule has 22 heavy (non-hydrogen) atoms. The number of ether oxygens (including phenoxy) is 1. The molecule has 0 unspecified atom stereocenters. The topological polar surface area (TPSA) is 34.5 Å². The molecule has 0 saturated carbocycles. The lowest BCUT2D eigenvalue weighted by Crippen LogP contribution is -2.40. The molecule has 1 saturated heterocycles. The first-order valence-electron chi connectivity index (χ1n) is 7.66. The van der Waals surface area contributed by atoms with E-state index in [9.17, 15) is 4.79 Å².